The van der Waals surface area contributed by atoms with Crippen LogP contribution in [0.25, 0.3) is 6.08 Å². The predicted molar refractivity (Wildman–Crippen MR) is 81.6 cm³/mol. The Kier molecular flexibility index (Phi) is 6.70. The Morgan fingerprint density at radius 1 is 1.23 bits per heavy atom. The van der Waals surface area contributed by atoms with Gasteiger partial charge in [-0.2, -0.15) is 4.28 Å². The molecule has 0 spiro atoms. The lowest BCUT2D eigenvalue weighted by atomic mass is 10.1. The van der Waals surface area contributed by atoms with Gasteiger partial charge in [0.2, 0.25) is 5.09 Å². The number of unbranched alkanes of at least 4 members (excludes halogenated alkanes) is 3. The van der Waals surface area contributed by atoms with Crippen molar-refractivity contribution in [1.29, 1.82) is 0 Å². The summed E-state index contributed by atoms with van der Waals surface area (Å²) in [5.41, 5.74) is 0.836. The first-order valence-corrected chi connectivity index (χ1v) is 7.87. The molecule has 1 heterocycles. The first-order chi connectivity index (χ1) is 10.6. The standard InChI is InChI=1S/C15H18FNO4S/c16-13-8-6-12(7-9-13)11-15-20-17(21-22-15)10-4-2-1-3-5-14(18)19/h6-9,11H,1-5,10H2,(H,18,19)/b15-11-. The van der Waals surface area contributed by atoms with Crippen LogP contribution in [0.3, 0.4) is 0 Å². The molecule has 7 heteroatoms. The molecule has 1 fully saturated rings. The fourth-order valence-electron chi connectivity index (χ4n) is 1.91. The topological polar surface area (TPSA) is 59.0 Å². The van der Waals surface area contributed by atoms with E-state index in [1.807, 2.05) is 0 Å². The fourth-order valence-corrected chi connectivity index (χ4v) is 2.47. The van der Waals surface area contributed by atoms with Gasteiger partial charge in [-0.25, -0.2) is 4.39 Å². The maximum absolute atomic E-state index is 12.8. The molecule has 120 valence electrons. The molecular formula is C15H18FNO4S. The van der Waals surface area contributed by atoms with Crippen LogP contribution >= 0.6 is 12.0 Å². The smallest absolute Gasteiger partial charge is 0.303 e. The molecule has 0 bridgehead atoms. The van der Waals surface area contributed by atoms with E-state index >= 15 is 0 Å². The van der Waals surface area contributed by atoms with Crippen LogP contribution in [-0.4, -0.2) is 22.8 Å². The molecule has 22 heavy (non-hydrogen) atoms. The van der Waals surface area contributed by atoms with Crippen LogP contribution in [0.1, 0.15) is 37.7 Å². The number of hydrogen-bond donors (Lipinski definition) is 1. The highest BCUT2D eigenvalue weighted by atomic mass is 32.2. The number of aliphatic carboxylic acids is 1. The molecule has 5 nitrogen and oxygen atoms in total. The Labute approximate surface area is 132 Å². The number of halogens is 1. The van der Waals surface area contributed by atoms with E-state index < -0.39 is 5.97 Å². The van der Waals surface area contributed by atoms with Crippen LogP contribution in [0.5, 0.6) is 0 Å². The van der Waals surface area contributed by atoms with Gasteiger partial charge < -0.3 is 9.94 Å². The number of carbonyl (C=O) groups is 1. The summed E-state index contributed by atoms with van der Waals surface area (Å²) >= 11 is 1.12. The minimum absolute atomic E-state index is 0.219. The number of carboxylic acids is 1. The van der Waals surface area contributed by atoms with E-state index in [0.717, 1.165) is 36.9 Å². The first kappa shape index (κ1) is 16.8. The van der Waals surface area contributed by atoms with Gasteiger partial charge in [-0.1, -0.05) is 25.0 Å². The van der Waals surface area contributed by atoms with Gasteiger partial charge in [0.1, 0.15) is 5.82 Å². The number of nitrogens with zero attached hydrogens (tertiary/aromatic N) is 1. The average molecular weight is 327 g/mol. The van der Waals surface area contributed by atoms with Crippen molar-refractivity contribution in [3.8, 4) is 0 Å². The first-order valence-electron chi connectivity index (χ1n) is 7.13. The summed E-state index contributed by atoms with van der Waals surface area (Å²) in [4.78, 5) is 15.9. The molecule has 0 amide bonds. The Morgan fingerprint density at radius 2 is 1.95 bits per heavy atom. The van der Waals surface area contributed by atoms with Gasteiger partial charge in [0.15, 0.2) is 0 Å². The largest absolute Gasteiger partial charge is 0.481 e. The normalized spacial score (nSPS) is 16.9. The van der Waals surface area contributed by atoms with Gasteiger partial charge in [-0.3, -0.25) is 4.79 Å². The molecule has 2 rings (SSSR count). The van der Waals surface area contributed by atoms with E-state index in [2.05, 4.69) is 0 Å². The van der Waals surface area contributed by atoms with E-state index in [0.29, 0.717) is 18.1 Å². The number of rotatable bonds is 8. The SMILES string of the molecule is O=C(O)CCCCCCN1OS/C(=C\c2ccc(F)cc2)O1. The predicted octanol–water partition coefficient (Wildman–Crippen LogP) is 3.99. The summed E-state index contributed by atoms with van der Waals surface area (Å²) < 4.78 is 18.1. The molecule has 0 unspecified atom stereocenters. The van der Waals surface area contributed by atoms with Crippen molar-refractivity contribution in [2.75, 3.05) is 6.54 Å². The molecule has 0 aliphatic carbocycles. The second-order valence-electron chi connectivity index (χ2n) is 4.88. The van der Waals surface area contributed by atoms with Crippen molar-refractivity contribution < 1.29 is 23.4 Å². The Bertz CT molecular complexity index is 521. The highest BCUT2D eigenvalue weighted by Gasteiger charge is 2.20. The highest BCUT2D eigenvalue weighted by Crippen LogP contribution is 2.31. The van der Waals surface area contributed by atoms with E-state index in [-0.39, 0.29) is 12.2 Å². The lowest BCUT2D eigenvalue weighted by Gasteiger charge is -2.09. The van der Waals surface area contributed by atoms with E-state index in [1.54, 1.807) is 18.2 Å². The van der Waals surface area contributed by atoms with E-state index in [9.17, 15) is 9.18 Å². The van der Waals surface area contributed by atoms with Crippen LogP contribution in [0.2, 0.25) is 0 Å². The zero-order chi connectivity index (χ0) is 15.8. The molecule has 1 aromatic rings. The van der Waals surface area contributed by atoms with Crippen LogP contribution in [0.4, 0.5) is 4.39 Å². The summed E-state index contributed by atoms with van der Waals surface area (Å²) in [5.74, 6) is -1.03. The van der Waals surface area contributed by atoms with Gasteiger partial charge in [0.05, 0.1) is 18.6 Å². The molecule has 0 atom stereocenters. The molecule has 1 aromatic carbocycles. The van der Waals surface area contributed by atoms with Crippen molar-refractivity contribution in [3.05, 3.63) is 40.7 Å². The van der Waals surface area contributed by atoms with Gasteiger partial charge in [-0.15, -0.1) is 0 Å². The maximum atomic E-state index is 12.8. The third-order valence-electron chi connectivity index (χ3n) is 3.03. The Morgan fingerprint density at radius 3 is 2.68 bits per heavy atom. The monoisotopic (exact) mass is 327 g/mol. The Balaban J connectivity index is 1.65. The van der Waals surface area contributed by atoms with Crippen LogP contribution < -0.4 is 0 Å². The van der Waals surface area contributed by atoms with E-state index in [1.165, 1.54) is 17.4 Å². The van der Waals surface area contributed by atoms with Crippen molar-refractivity contribution >= 4 is 24.1 Å². The summed E-state index contributed by atoms with van der Waals surface area (Å²) in [6, 6.07) is 6.11. The molecule has 1 aliphatic heterocycles. The second kappa shape index (κ2) is 8.77. The number of benzene rings is 1. The molecule has 1 aliphatic rings. The molecule has 1 saturated heterocycles. The average Bonchev–Trinajstić information content (AvgIpc) is 2.92. The second-order valence-corrected chi connectivity index (χ2v) is 5.60. The molecule has 1 N–H and O–H groups in total. The fraction of sp³-hybridized carbons (Fsp3) is 0.400. The van der Waals surface area contributed by atoms with Crippen LogP contribution in [0, 0.1) is 5.82 Å². The third kappa shape index (κ3) is 6.05. The Hall–Kier alpha value is -1.57. The summed E-state index contributed by atoms with van der Waals surface area (Å²) in [7, 11) is 0. The maximum Gasteiger partial charge on any atom is 0.303 e. The molecular weight excluding hydrogens is 309 g/mol. The minimum atomic E-state index is -0.752. The van der Waals surface area contributed by atoms with Crippen molar-refractivity contribution in [1.82, 2.24) is 5.23 Å². The number of hydrogen-bond acceptors (Lipinski definition) is 5. The third-order valence-corrected chi connectivity index (χ3v) is 3.63. The minimum Gasteiger partial charge on any atom is -0.481 e. The van der Waals surface area contributed by atoms with Crippen molar-refractivity contribution in [2.24, 2.45) is 0 Å². The number of hydroxylamine groups is 2. The lowest BCUT2D eigenvalue weighted by molar-refractivity contribution is -0.259. The van der Waals surface area contributed by atoms with Gasteiger partial charge in [-0.05, 0) is 41.8 Å². The van der Waals surface area contributed by atoms with Gasteiger partial charge in [0, 0.05) is 6.42 Å². The van der Waals surface area contributed by atoms with Crippen molar-refractivity contribution in [3.63, 3.8) is 0 Å². The van der Waals surface area contributed by atoms with Gasteiger partial charge >= 0.3 is 5.97 Å². The number of carboxylic acid groups (broad SMARTS) is 1. The van der Waals surface area contributed by atoms with E-state index in [4.69, 9.17) is 14.2 Å². The quantitative estimate of drug-likeness (QED) is 0.575. The van der Waals surface area contributed by atoms with Crippen LogP contribution in [0.15, 0.2) is 29.4 Å². The van der Waals surface area contributed by atoms with Crippen LogP contribution in [-0.2, 0) is 13.9 Å². The lowest BCUT2D eigenvalue weighted by Crippen LogP contribution is -2.16. The van der Waals surface area contributed by atoms with Crippen molar-refractivity contribution in [2.45, 2.75) is 32.1 Å². The highest BCUT2D eigenvalue weighted by molar-refractivity contribution is 7.98. The zero-order valence-electron chi connectivity index (χ0n) is 12.0. The summed E-state index contributed by atoms with van der Waals surface area (Å²) in [6.07, 6.45) is 5.36. The molecule has 0 aromatic heterocycles. The van der Waals surface area contributed by atoms with Gasteiger partial charge in [0.25, 0.3) is 0 Å². The summed E-state index contributed by atoms with van der Waals surface area (Å²) in [5, 5.41) is 10.5. The molecule has 0 radical (unpaired) electrons. The zero-order valence-corrected chi connectivity index (χ0v) is 12.9. The summed E-state index contributed by atoms with van der Waals surface area (Å²) in [6.45, 7) is 0.612. The molecule has 0 saturated carbocycles.